The summed E-state index contributed by atoms with van der Waals surface area (Å²) in [6.45, 7) is 2.78. The second-order valence-corrected chi connectivity index (χ2v) is 6.66. The molecule has 0 spiro atoms. The predicted molar refractivity (Wildman–Crippen MR) is 103 cm³/mol. The third-order valence-electron chi connectivity index (χ3n) is 3.52. The molecule has 1 amide bonds. The molecule has 5 nitrogen and oxygen atoms in total. The molecule has 0 saturated carbocycles. The van der Waals surface area contributed by atoms with Crippen LogP contribution in [0.15, 0.2) is 60.1 Å². The smallest absolute Gasteiger partial charge is 0.244 e. The highest BCUT2D eigenvalue weighted by atomic mass is 32.1. The summed E-state index contributed by atoms with van der Waals surface area (Å²) in [7, 11) is 0. The Kier molecular flexibility index (Phi) is 6.11. The standard InChI is InChI=1S/C20H19N3O2S/c1-15-23-18(14-26-15)8-9-20(24)22-12-16-5-4-7-19(11-16)25-13-17-6-2-3-10-21-17/h2-11,14H,12-13H2,1H3,(H,22,24)/b9-8+. The van der Waals surface area contributed by atoms with Crippen molar-refractivity contribution in [3.63, 3.8) is 0 Å². The molecule has 3 rings (SSSR count). The number of amides is 1. The minimum atomic E-state index is -0.157. The molecule has 0 unspecified atom stereocenters. The van der Waals surface area contributed by atoms with Crippen LogP contribution in [0.4, 0.5) is 0 Å². The average molecular weight is 365 g/mol. The van der Waals surface area contributed by atoms with Gasteiger partial charge in [-0.3, -0.25) is 9.78 Å². The van der Waals surface area contributed by atoms with E-state index >= 15 is 0 Å². The van der Waals surface area contributed by atoms with Gasteiger partial charge in [-0.25, -0.2) is 4.98 Å². The van der Waals surface area contributed by atoms with E-state index in [4.69, 9.17) is 4.74 Å². The van der Waals surface area contributed by atoms with Gasteiger partial charge in [0.1, 0.15) is 12.4 Å². The molecule has 0 aliphatic carbocycles. The number of aryl methyl sites for hydroxylation is 1. The van der Waals surface area contributed by atoms with Crippen molar-refractivity contribution in [2.24, 2.45) is 0 Å². The van der Waals surface area contributed by atoms with Gasteiger partial charge < -0.3 is 10.1 Å². The molecule has 2 heterocycles. The molecule has 0 radical (unpaired) electrons. The summed E-state index contributed by atoms with van der Waals surface area (Å²) in [4.78, 5) is 20.4. The van der Waals surface area contributed by atoms with Crippen molar-refractivity contribution in [2.45, 2.75) is 20.1 Å². The first-order valence-electron chi connectivity index (χ1n) is 8.19. The predicted octanol–water partition coefficient (Wildman–Crippen LogP) is 3.76. The van der Waals surface area contributed by atoms with Crippen LogP contribution in [0.25, 0.3) is 6.08 Å². The van der Waals surface area contributed by atoms with Gasteiger partial charge in [-0.2, -0.15) is 0 Å². The number of nitrogens with zero attached hydrogens (tertiary/aromatic N) is 2. The first kappa shape index (κ1) is 17.8. The number of carbonyl (C=O) groups excluding carboxylic acids is 1. The molecule has 0 aliphatic heterocycles. The van der Waals surface area contributed by atoms with Crippen molar-refractivity contribution in [1.82, 2.24) is 15.3 Å². The lowest BCUT2D eigenvalue weighted by molar-refractivity contribution is -0.116. The number of rotatable bonds is 7. The van der Waals surface area contributed by atoms with Gasteiger partial charge in [-0.05, 0) is 42.8 Å². The summed E-state index contributed by atoms with van der Waals surface area (Å²) in [6.07, 6.45) is 4.95. The Morgan fingerprint density at radius 1 is 1.27 bits per heavy atom. The van der Waals surface area contributed by atoms with E-state index in [1.165, 1.54) is 6.08 Å². The molecule has 6 heteroatoms. The van der Waals surface area contributed by atoms with Crippen LogP contribution in [0.5, 0.6) is 5.75 Å². The molecule has 132 valence electrons. The second-order valence-electron chi connectivity index (χ2n) is 5.60. The first-order valence-corrected chi connectivity index (χ1v) is 9.07. The highest BCUT2D eigenvalue weighted by Crippen LogP contribution is 2.15. The van der Waals surface area contributed by atoms with Gasteiger partial charge in [0, 0.05) is 24.2 Å². The van der Waals surface area contributed by atoms with E-state index in [0.29, 0.717) is 13.2 Å². The summed E-state index contributed by atoms with van der Waals surface area (Å²) in [5, 5.41) is 5.76. The maximum absolute atomic E-state index is 11.9. The lowest BCUT2D eigenvalue weighted by Crippen LogP contribution is -2.20. The molecule has 0 fully saturated rings. The fraction of sp³-hybridized carbons (Fsp3) is 0.150. The van der Waals surface area contributed by atoms with Gasteiger partial charge in [0.05, 0.1) is 16.4 Å². The molecule has 0 saturated heterocycles. The number of carbonyl (C=O) groups is 1. The number of nitrogens with one attached hydrogen (secondary N) is 1. The summed E-state index contributed by atoms with van der Waals surface area (Å²) in [5.74, 6) is 0.589. The number of aromatic nitrogens is 2. The van der Waals surface area contributed by atoms with Gasteiger partial charge in [-0.15, -0.1) is 11.3 Å². The summed E-state index contributed by atoms with van der Waals surface area (Å²) >= 11 is 1.56. The molecular formula is C20H19N3O2S. The van der Waals surface area contributed by atoms with Crippen molar-refractivity contribution >= 4 is 23.3 Å². The van der Waals surface area contributed by atoms with Crippen LogP contribution in [0.3, 0.4) is 0 Å². The summed E-state index contributed by atoms with van der Waals surface area (Å²) in [5.41, 5.74) is 2.64. The maximum Gasteiger partial charge on any atom is 0.244 e. The van der Waals surface area contributed by atoms with E-state index in [-0.39, 0.29) is 5.91 Å². The minimum absolute atomic E-state index is 0.157. The van der Waals surface area contributed by atoms with Gasteiger partial charge in [0.15, 0.2) is 0 Å². The molecule has 0 bridgehead atoms. The highest BCUT2D eigenvalue weighted by molar-refractivity contribution is 7.09. The van der Waals surface area contributed by atoms with Crippen molar-refractivity contribution in [1.29, 1.82) is 0 Å². The molecule has 1 N–H and O–H groups in total. The number of thiazole rings is 1. The Labute approximate surface area is 156 Å². The van der Waals surface area contributed by atoms with Crippen LogP contribution in [-0.4, -0.2) is 15.9 Å². The van der Waals surface area contributed by atoms with E-state index in [9.17, 15) is 4.79 Å². The molecule has 26 heavy (non-hydrogen) atoms. The number of ether oxygens (including phenoxy) is 1. The average Bonchev–Trinajstić information content (AvgIpc) is 3.09. The Balaban J connectivity index is 1.50. The van der Waals surface area contributed by atoms with E-state index in [2.05, 4.69) is 15.3 Å². The van der Waals surface area contributed by atoms with E-state index in [1.807, 2.05) is 54.8 Å². The van der Waals surface area contributed by atoms with Crippen LogP contribution in [0, 0.1) is 6.92 Å². The third kappa shape index (κ3) is 5.53. The summed E-state index contributed by atoms with van der Waals surface area (Å²) < 4.78 is 5.75. The normalized spacial score (nSPS) is 10.8. The lowest BCUT2D eigenvalue weighted by atomic mass is 10.2. The van der Waals surface area contributed by atoms with Crippen molar-refractivity contribution in [3.05, 3.63) is 82.1 Å². The largest absolute Gasteiger partial charge is 0.487 e. The van der Waals surface area contributed by atoms with Crippen LogP contribution >= 0.6 is 11.3 Å². The van der Waals surface area contributed by atoms with E-state index in [1.54, 1.807) is 23.6 Å². The van der Waals surface area contributed by atoms with E-state index < -0.39 is 0 Å². The topological polar surface area (TPSA) is 64.1 Å². The third-order valence-corrected chi connectivity index (χ3v) is 4.31. The van der Waals surface area contributed by atoms with Gasteiger partial charge >= 0.3 is 0 Å². The van der Waals surface area contributed by atoms with Crippen molar-refractivity contribution in [3.8, 4) is 5.75 Å². The number of hydrogen-bond acceptors (Lipinski definition) is 5. The molecule has 3 aromatic rings. The number of benzene rings is 1. The zero-order valence-corrected chi connectivity index (χ0v) is 15.2. The minimum Gasteiger partial charge on any atom is -0.487 e. The summed E-state index contributed by atoms with van der Waals surface area (Å²) in [6, 6.07) is 13.4. The zero-order chi connectivity index (χ0) is 18.2. The van der Waals surface area contributed by atoms with E-state index in [0.717, 1.165) is 27.7 Å². The van der Waals surface area contributed by atoms with Crippen molar-refractivity contribution < 1.29 is 9.53 Å². The zero-order valence-electron chi connectivity index (χ0n) is 14.4. The van der Waals surface area contributed by atoms with Gasteiger partial charge in [0.25, 0.3) is 0 Å². The van der Waals surface area contributed by atoms with Gasteiger partial charge in [0.2, 0.25) is 5.91 Å². The van der Waals surface area contributed by atoms with Crippen LogP contribution in [-0.2, 0) is 17.9 Å². The quantitative estimate of drug-likeness (QED) is 0.648. The molecule has 2 aromatic heterocycles. The fourth-order valence-electron chi connectivity index (χ4n) is 2.25. The van der Waals surface area contributed by atoms with Crippen LogP contribution in [0.1, 0.15) is 22.0 Å². The molecular weight excluding hydrogens is 346 g/mol. The maximum atomic E-state index is 11.9. The SMILES string of the molecule is Cc1nc(/C=C/C(=O)NCc2cccc(OCc3ccccn3)c2)cs1. The Hall–Kier alpha value is -2.99. The van der Waals surface area contributed by atoms with Gasteiger partial charge in [-0.1, -0.05) is 18.2 Å². The molecule has 1 aromatic carbocycles. The van der Waals surface area contributed by atoms with Crippen LogP contribution < -0.4 is 10.1 Å². The monoisotopic (exact) mass is 365 g/mol. The molecule has 0 atom stereocenters. The Morgan fingerprint density at radius 3 is 2.96 bits per heavy atom. The second kappa shape index (κ2) is 8.92. The Morgan fingerprint density at radius 2 is 2.19 bits per heavy atom. The fourth-order valence-corrected chi connectivity index (χ4v) is 2.83. The van der Waals surface area contributed by atoms with Crippen LogP contribution in [0.2, 0.25) is 0 Å². The first-order chi connectivity index (χ1) is 12.7. The lowest BCUT2D eigenvalue weighted by Gasteiger charge is -2.08. The number of pyridine rings is 1. The van der Waals surface area contributed by atoms with Crippen molar-refractivity contribution in [2.75, 3.05) is 0 Å². The highest BCUT2D eigenvalue weighted by Gasteiger charge is 2.01. The Bertz CT molecular complexity index is 891. The number of hydrogen-bond donors (Lipinski definition) is 1. The molecule has 0 aliphatic rings.